The maximum atomic E-state index is 12.7. The second kappa shape index (κ2) is 5.35. The van der Waals surface area contributed by atoms with Crippen LogP contribution in [0, 0.1) is 0 Å². The zero-order valence-corrected chi connectivity index (χ0v) is 14.3. The zero-order chi connectivity index (χ0) is 19.6. The van der Waals surface area contributed by atoms with Gasteiger partial charge in [-0.2, -0.15) is 16.8 Å². The Morgan fingerprint density at radius 3 is 1.27 bits per heavy atom. The topological polar surface area (TPSA) is 195 Å². The van der Waals surface area contributed by atoms with Crippen molar-refractivity contribution in [1.29, 1.82) is 0 Å². The van der Waals surface area contributed by atoms with Crippen molar-refractivity contribution < 1.29 is 35.5 Å². The van der Waals surface area contributed by atoms with Crippen LogP contribution in [-0.2, 0) is 20.2 Å². The number of anilines is 2. The fourth-order valence-corrected chi connectivity index (χ4v) is 4.95. The molecule has 2 aromatic carbocycles. The molecule has 26 heavy (non-hydrogen) atoms. The predicted molar refractivity (Wildman–Crippen MR) is 88.2 cm³/mol. The molecule has 1 aliphatic rings. The molecule has 6 N–H and O–H groups in total. The van der Waals surface area contributed by atoms with Gasteiger partial charge < -0.3 is 11.5 Å². The van der Waals surface area contributed by atoms with Gasteiger partial charge in [-0.15, -0.1) is 0 Å². The number of carbonyl (C=O) groups excluding carboxylic acids is 2. The van der Waals surface area contributed by atoms with Crippen LogP contribution in [-0.4, -0.2) is 37.5 Å². The van der Waals surface area contributed by atoms with Crippen LogP contribution in [0.4, 0.5) is 11.4 Å². The quantitative estimate of drug-likeness (QED) is 0.340. The van der Waals surface area contributed by atoms with Crippen molar-refractivity contribution in [2.45, 2.75) is 9.79 Å². The van der Waals surface area contributed by atoms with Crippen LogP contribution < -0.4 is 11.5 Å². The minimum Gasteiger partial charge on any atom is -0.397 e. The van der Waals surface area contributed by atoms with E-state index in [1.165, 1.54) is 24.3 Å². The Labute approximate surface area is 146 Å². The number of ketones is 2. The first kappa shape index (κ1) is 18.0. The molecule has 0 heterocycles. The van der Waals surface area contributed by atoms with Gasteiger partial charge >= 0.3 is 0 Å². The highest BCUT2D eigenvalue weighted by molar-refractivity contribution is 7.89. The van der Waals surface area contributed by atoms with Gasteiger partial charge in [-0.1, -0.05) is 24.3 Å². The van der Waals surface area contributed by atoms with Gasteiger partial charge in [0.1, 0.15) is 9.79 Å². The lowest BCUT2D eigenvalue weighted by atomic mass is 9.82. The van der Waals surface area contributed by atoms with E-state index in [0.717, 1.165) is 0 Å². The van der Waals surface area contributed by atoms with E-state index in [0.29, 0.717) is 0 Å². The Morgan fingerprint density at radius 2 is 1.00 bits per heavy atom. The molecule has 0 atom stereocenters. The van der Waals surface area contributed by atoms with Crippen molar-refractivity contribution in [3.8, 4) is 0 Å². The van der Waals surface area contributed by atoms with Crippen LogP contribution in [0.2, 0.25) is 0 Å². The molecule has 0 aliphatic heterocycles. The smallest absolute Gasteiger partial charge is 0.298 e. The van der Waals surface area contributed by atoms with E-state index in [-0.39, 0.29) is 11.1 Å². The van der Waals surface area contributed by atoms with Crippen molar-refractivity contribution in [2.75, 3.05) is 11.5 Å². The number of nitrogen functional groups attached to an aromatic ring is 2. The van der Waals surface area contributed by atoms with Crippen LogP contribution in [0.15, 0.2) is 34.1 Å². The molecule has 1 aliphatic carbocycles. The summed E-state index contributed by atoms with van der Waals surface area (Å²) < 4.78 is 65.3. The number of rotatable bonds is 2. The number of hydrogen-bond acceptors (Lipinski definition) is 8. The fraction of sp³-hybridized carbons (Fsp3) is 0. The molecule has 2 aromatic rings. The van der Waals surface area contributed by atoms with Gasteiger partial charge in [0, 0.05) is 11.1 Å². The van der Waals surface area contributed by atoms with E-state index in [2.05, 4.69) is 0 Å². The van der Waals surface area contributed by atoms with E-state index >= 15 is 0 Å². The molecule has 0 bridgehead atoms. The summed E-state index contributed by atoms with van der Waals surface area (Å²) >= 11 is 0. The Balaban J connectivity index is 2.61. The molecule has 0 radical (unpaired) electrons. The van der Waals surface area contributed by atoms with Crippen molar-refractivity contribution in [3.05, 3.63) is 46.5 Å². The van der Waals surface area contributed by atoms with E-state index in [4.69, 9.17) is 11.5 Å². The van der Waals surface area contributed by atoms with Gasteiger partial charge in [0.15, 0.2) is 11.6 Å². The number of nitrogens with two attached hydrogens (primary N) is 2. The molecule has 136 valence electrons. The van der Waals surface area contributed by atoms with E-state index in [1.807, 2.05) is 0 Å². The van der Waals surface area contributed by atoms with Crippen LogP contribution in [0.3, 0.4) is 0 Å². The highest BCUT2D eigenvalue weighted by Crippen LogP contribution is 2.42. The van der Waals surface area contributed by atoms with E-state index in [1.54, 1.807) is 0 Å². The molecular formula is C14H10N2O8S2. The second-order valence-corrected chi connectivity index (χ2v) is 8.11. The molecule has 0 amide bonds. The van der Waals surface area contributed by atoms with Crippen molar-refractivity contribution in [1.82, 2.24) is 0 Å². The highest BCUT2D eigenvalue weighted by Gasteiger charge is 2.41. The van der Waals surface area contributed by atoms with Crippen LogP contribution in [0.25, 0.3) is 0 Å². The molecule has 0 spiro atoms. The predicted octanol–water partition coefficient (Wildman–Crippen LogP) is 0.120. The Bertz CT molecular complexity index is 1130. The number of hydrogen-bond donors (Lipinski definition) is 4. The lowest BCUT2D eigenvalue weighted by Gasteiger charge is -2.23. The lowest BCUT2D eigenvalue weighted by Crippen LogP contribution is -2.27. The highest BCUT2D eigenvalue weighted by atomic mass is 32.2. The molecule has 0 fully saturated rings. The second-order valence-electron chi connectivity index (χ2n) is 5.39. The van der Waals surface area contributed by atoms with Crippen LogP contribution in [0.5, 0.6) is 0 Å². The van der Waals surface area contributed by atoms with Gasteiger partial charge in [0.2, 0.25) is 0 Å². The van der Waals surface area contributed by atoms with Crippen molar-refractivity contribution in [2.24, 2.45) is 0 Å². The largest absolute Gasteiger partial charge is 0.397 e. The van der Waals surface area contributed by atoms with Gasteiger partial charge in [-0.3, -0.25) is 18.7 Å². The zero-order valence-electron chi connectivity index (χ0n) is 12.6. The molecule has 0 aromatic heterocycles. The van der Waals surface area contributed by atoms with Gasteiger partial charge in [-0.05, 0) is 0 Å². The normalized spacial score (nSPS) is 14.1. The molecular weight excluding hydrogens is 388 g/mol. The summed E-state index contributed by atoms with van der Waals surface area (Å²) in [6, 6.07) is 5.48. The Hall–Kier alpha value is -2.80. The standard InChI is InChI=1S/C14H10N2O8S2/c15-9-7-8(12(18)6-4-2-1-3-5(6)11(7)17)10(16)14(26(22,23)24)13(9)25(19,20)21/h1-4H,15-16H2,(H,19,20,21)(H,22,23,24). The Morgan fingerprint density at radius 1 is 0.692 bits per heavy atom. The molecule has 0 unspecified atom stereocenters. The molecule has 10 nitrogen and oxygen atoms in total. The number of fused-ring (bicyclic) bond motifs is 2. The minimum atomic E-state index is -5.33. The van der Waals surface area contributed by atoms with Crippen LogP contribution in [0.1, 0.15) is 31.8 Å². The maximum absolute atomic E-state index is 12.7. The molecule has 3 rings (SSSR count). The SMILES string of the molecule is Nc1c2c(c(N)c(S(=O)(=O)O)c1S(=O)(=O)O)C(=O)c1ccccc1C2=O. The van der Waals surface area contributed by atoms with Crippen molar-refractivity contribution >= 4 is 43.2 Å². The summed E-state index contributed by atoms with van der Waals surface area (Å²) in [6.07, 6.45) is 0. The third-order valence-electron chi connectivity index (χ3n) is 3.87. The van der Waals surface area contributed by atoms with Gasteiger partial charge in [0.25, 0.3) is 20.2 Å². The third kappa shape index (κ3) is 2.39. The fourth-order valence-electron chi connectivity index (χ4n) is 2.87. The number of benzene rings is 2. The summed E-state index contributed by atoms with van der Waals surface area (Å²) in [5.74, 6) is -1.77. The molecule has 12 heteroatoms. The van der Waals surface area contributed by atoms with E-state index in [9.17, 15) is 35.5 Å². The molecule has 0 saturated heterocycles. The summed E-state index contributed by atoms with van der Waals surface area (Å²) in [5.41, 5.74) is 7.72. The summed E-state index contributed by atoms with van der Waals surface area (Å²) in [4.78, 5) is 22.5. The average molecular weight is 398 g/mol. The third-order valence-corrected chi connectivity index (χ3v) is 5.88. The number of carbonyl (C=O) groups is 2. The first-order valence-corrected chi connectivity index (χ1v) is 9.63. The maximum Gasteiger partial charge on any atom is 0.298 e. The summed E-state index contributed by atoms with van der Waals surface area (Å²) in [6.45, 7) is 0. The minimum absolute atomic E-state index is 0.100. The van der Waals surface area contributed by atoms with Gasteiger partial charge in [0.05, 0.1) is 22.5 Å². The average Bonchev–Trinajstić information content (AvgIpc) is 2.51. The van der Waals surface area contributed by atoms with Crippen molar-refractivity contribution in [3.63, 3.8) is 0 Å². The lowest BCUT2D eigenvalue weighted by molar-refractivity contribution is 0.0980. The molecule has 0 saturated carbocycles. The van der Waals surface area contributed by atoms with E-state index < -0.39 is 64.1 Å². The summed E-state index contributed by atoms with van der Waals surface area (Å²) in [7, 11) is -10.7. The first-order valence-electron chi connectivity index (χ1n) is 6.75. The van der Waals surface area contributed by atoms with Crippen LogP contribution >= 0.6 is 0 Å². The Kier molecular flexibility index (Phi) is 3.70. The van der Waals surface area contributed by atoms with Gasteiger partial charge in [-0.25, -0.2) is 0 Å². The first-order chi connectivity index (χ1) is 11.9. The monoisotopic (exact) mass is 398 g/mol. The summed E-state index contributed by atoms with van der Waals surface area (Å²) in [5, 5.41) is 0.